The Labute approximate surface area is 124 Å². The van der Waals surface area contributed by atoms with Crippen LogP contribution < -0.4 is 5.32 Å². The van der Waals surface area contributed by atoms with E-state index >= 15 is 0 Å². The number of nitrogens with zero attached hydrogens (tertiary/aromatic N) is 1. The van der Waals surface area contributed by atoms with E-state index in [0.29, 0.717) is 18.0 Å². The van der Waals surface area contributed by atoms with Crippen molar-refractivity contribution in [2.45, 2.75) is 64.3 Å². The molecule has 2 fully saturated rings. The quantitative estimate of drug-likeness (QED) is 0.836. The summed E-state index contributed by atoms with van der Waals surface area (Å²) in [5.74, 6) is 0.489. The monoisotopic (exact) mass is 284 g/mol. The van der Waals surface area contributed by atoms with Gasteiger partial charge in [-0.3, -0.25) is 0 Å². The molecule has 118 valence electrons. The second-order valence-corrected chi connectivity index (χ2v) is 7.41. The lowest BCUT2D eigenvalue weighted by Crippen LogP contribution is -2.51. The SMILES string of the molecule is CCNC1C(CN(C)C2CCOC2)C(C)(C)OC1(C)C. The van der Waals surface area contributed by atoms with Gasteiger partial charge in [0.15, 0.2) is 0 Å². The van der Waals surface area contributed by atoms with Gasteiger partial charge >= 0.3 is 0 Å². The third-order valence-electron chi connectivity index (χ3n) is 5.01. The number of nitrogens with one attached hydrogen (secondary N) is 1. The summed E-state index contributed by atoms with van der Waals surface area (Å²) in [4.78, 5) is 2.47. The maximum atomic E-state index is 6.36. The summed E-state index contributed by atoms with van der Waals surface area (Å²) >= 11 is 0. The number of hydrogen-bond acceptors (Lipinski definition) is 4. The molecule has 0 bridgehead atoms. The fourth-order valence-electron chi connectivity index (χ4n) is 3.97. The predicted octanol–water partition coefficient (Wildman–Crippen LogP) is 1.89. The molecule has 0 aromatic rings. The van der Waals surface area contributed by atoms with Crippen LogP contribution in [-0.4, -0.2) is 61.5 Å². The Hall–Kier alpha value is -0.160. The molecule has 2 saturated heterocycles. The zero-order chi connectivity index (χ0) is 15.0. The van der Waals surface area contributed by atoms with E-state index < -0.39 is 0 Å². The van der Waals surface area contributed by atoms with Gasteiger partial charge < -0.3 is 19.7 Å². The van der Waals surface area contributed by atoms with Crippen LogP contribution in [0.15, 0.2) is 0 Å². The zero-order valence-corrected chi connectivity index (χ0v) is 14.0. The van der Waals surface area contributed by atoms with Crippen molar-refractivity contribution in [2.75, 3.05) is 33.4 Å². The van der Waals surface area contributed by atoms with Gasteiger partial charge in [0, 0.05) is 31.2 Å². The van der Waals surface area contributed by atoms with Crippen molar-refractivity contribution >= 4 is 0 Å². The van der Waals surface area contributed by atoms with Crippen LogP contribution in [0.4, 0.5) is 0 Å². The standard InChI is InChI=1S/C16H32N2O2/c1-7-17-14-13(15(2,3)20-16(14,4)5)10-18(6)12-8-9-19-11-12/h12-14,17H,7-11H2,1-6H3. The van der Waals surface area contributed by atoms with Crippen molar-refractivity contribution in [3.8, 4) is 0 Å². The smallest absolute Gasteiger partial charge is 0.0790 e. The Balaban J connectivity index is 2.09. The lowest BCUT2D eigenvalue weighted by molar-refractivity contribution is -0.0798. The molecule has 3 atom stereocenters. The first-order valence-electron chi connectivity index (χ1n) is 7.99. The first-order chi connectivity index (χ1) is 9.28. The van der Waals surface area contributed by atoms with Crippen LogP contribution in [0.1, 0.15) is 41.0 Å². The maximum Gasteiger partial charge on any atom is 0.0790 e. The highest BCUT2D eigenvalue weighted by atomic mass is 16.5. The molecule has 0 radical (unpaired) electrons. The molecule has 0 aromatic heterocycles. The molecule has 0 saturated carbocycles. The van der Waals surface area contributed by atoms with E-state index in [-0.39, 0.29) is 11.2 Å². The summed E-state index contributed by atoms with van der Waals surface area (Å²) in [5.41, 5.74) is -0.207. The van der Waals surface area contributed by atoms with Gasteiger partial charge in [-0.05, 0) is 47.7 Å². The molecule has 2 heterocycles. The van der Waals surface area contributed by atoms with E-state index in [1.54, 1.807) is 0 Å². The highest BCUT2D eigenvalue weighted by molar-refractivity contribution is 5.06. The average Bonchev–Trinajstić information content (AvgIpc) is 2.89. The molecular formula is C16H32N2O2. The number of rotatable bonds is 5. The van der Waals surface area contributed by atoms with Crippen LogP contribution in [0.5, 0.6) is 0 Å². The maximum absolute atomic E-state index is 6.36. The van der Waals surface area contributed by atoms with Gasteiger partial charge in [0.1, 0.15) is 0 Å². The second kappa shape index (κ2) is 5.91. The summed E-state index contributed by atoms with van der Waals surface area (Å²) in [6.45, 7) is 14.9. The van der Waals surface area contributed by atoms with Gasteiger partial charge in [0.05, 0.1) is 17.8 Å². The van der Waals surface area contributed by atoms with Gasteiger partial charge in [-0.25, -0.2) is 0 Å². The van der Waals surface area contributed by atoms with Crippen LogP contribution in [-0.2, 0) is 9.47 Å². The average molecular weight is 284 g/mol. The number of ether oxygens (including phenoxy) is 2. The van der Waals surface area contributed by atoms with Crippen LogP contribution in [0.3, 0.4) is 0 Å². The Bertz CT molecular complexity index is 324. The van der Waals surface area contributed by atoms with Crippen LogP contribution >= 0.6 is 0 Å². The normalized spacial score (nSPS) is 35.9. The highest BCUT2D eigenvalue weighted by Crippen LogP contribution is 2.42. The van der Waals surface area contributed by atoms with Crippen molar-refractivity contribution in [2.24, 2.45) is 5.92 Å². The Morgan fingerprint density at radius 2 is 1.90 bits per heavy atom. The van der Waals surface area contributed by atoms with Crippen molar-refractivity contribution in [3.05, 3.63) is 0 Å². The summed E-state index contributed by atoms with van der Waals surface area (Å²) < 4.78 is 11.9. The second-order valence-electron chi connectivity index (χ2n) is 7.41. The van der Waals surface area contributed by atoms with E-state index in [9.17, 15) is 0 Å². The fourth-order valence-corrected chi connectivity index (χ4v) is 3.97. The molecule has 2 aliphatic rings. The summed E-state index contributed by atoms with van der Waals surface area (Å²) in [6, 6.07) is 0.962. The molecule has 4 heteroatoms. The molecule has 20 heavy (non-hydrogen) atoms. The van der Waals surface area contributed by atoms with Crippen molar-refractivity contribution in [1.82, 2.24) is 10.2 Å². The highest BCUT2D eigenvalue weighted by Gasteiger charge is 2.53. The minimum absolute atomic E-state index is 0.0932. The third-order valence-corrected chi connectivity index (χ3v) is 5.01. The Morgan fingerprint density at radius 1 is 1.20 bits per heavy atom. The lowest BCUT2D eigenvalue weighted by Gasteiger charge is -2.35. The van der Waals surface area contributed by atoms with E-state index in [2.05, 4.69) is 51.9 Å². The molecule has 3 unspecified atom stereocenters. The van der Waals surface area contributed by atoms with Crippen LogP contribution in [0.2, 0.25) is 0 Å². The van der Waals surface area contributed by atoms with E-state index in [1.165, 1.54) is 0 Å². The molecule has 4 nitrogen and oxygen atoms in total. The molecule has 0 amide bonds. The van der Waals surface area contributed by atoms with Gasteiger partial charge in [-0.1, -0.05) is 6.92 Å². The van der Waals surface area contributed by atoms with E-state index in [0.717, 1.165) is 32.7 Å². The van der Waals surface area contributed by atoms with Crippen molar-refractivity contribution < 1.29 is 9.47 Å². The molecule has 1 N–H and O–H groups in total. The first-order valence-corrected chi connectivity index (χ1v) is 7.99. The molecule has 0 aliphatic carbocycles. The first kappa shape index (κ1) is 16.2. The van der Waals surface area contributed by atoms with Gasteiger partial charge in [-0.15, -0.1) is 0 Å². The molecule has 2 rings (SSSR count). The molecular weight excluding hydrogens is 252 g/mol. The Morgan fingerprint density at radius 3 is 2.45 bits per heavy atom. The predicted molar refractivity (Wildman–Crippen MR) is 82.1 cm³/mol. The fraction of sp³-hybridized carbons (Fsp3) is 1.00. The lowest BCUT2D eigenvalue weighted by atomic mass is 9.82. The van der Waals surface area contributed by atoms with Gasteiger partial charge in [0.2, 0.25) is 0 Å². The zero-order valence-electron chi connectivity index (χ0n) is 14.0. The van der Waals surface area contributed by atoms with Crippen molar-refractivity contribution in [3.63, 3.8) is 0 Å². The van der Waals surface area contributed by atoms with Crippen LogP contribution in [0.25, 0.3) is 0 Å². The summed E-state index contributed by atoms with van der Waals surface area (Å²) in [6.07, 6.45) is 1.15. The third kappa shape index (κ3) is 3.19. The number of likely N-dealkylation sites (N-methyl/N-ethyl adjacent to an activating group) is 2. The van der Waals surface area contributed by atoms with Gasteiger partial charge in [0.25, 0.3) is 0 Å². The van der Waals surface area contributed by atoms with Crippen LogP contribution in [0, 0.1) is 5.92 Å². The topological polar surface area (TPSA) is 33.7 Å². The number of hydrogen-bond donors (Lipinski definition) is 1. The minimum Gasteiger partial charge on any atom is -0.380 e. The van der Waals surface area contributed by atoms with Crippen molar-refractivity contribution in [1.29, 1.82) is 0 Å². The summed E-state index contributed by atoms with van der Waals surface area (Å²) in [5, 5.41) is 3.65. The van der Waals surface area contributed by atoms with E-state index in [1.807, 2.05) is 0 Å². The van der Waals surface area contributed by atoms with Gasteiger partial charge in [-0.2, -0.15) is 0 Å². The Kier molecular flexibility index (Phi) is 4.80. The van der Waals surface area contributed by atoms with E-state index in [4.69, 9.17) is 9.47 Å². The minimum atomic E-state index is -0.114. The molecule has 0 spiro atoms. The molecule has 0 aromatic carbocycles. The molecule has 2 aliphatic heterocycles. The largest absolute Gasteiger partial charge is 0.380 e. The summed E-state index contributed by atoms with van der Waals surface area (Å²) in [7, 11) is 2.23.